The van der Waals surface area contributed by atoms with Crippen LogP contribution in [-0.2, 0) is 0 Å². The number of nitrogens with zero attached hydrogens (tertiary/aromatic N) is 2. The zero-order valence-electron chi connectivity index (χ0n) is 12.0. The minimum Gasteiger partial charge on any atom is -0.330 e. The Labute approximate surface area is 107 Å². The van der Waals surface area contributed by atoms with E-state index in [2.05, 4.69) is 30.6 Å². The van der Waals surface area contributed by atoms with Crippen molar-refractivity contribution in [2.45, 2.75) is 40.0 Å². The van der Waals surface area contributed by atoms with Crippen LogP contribution in [0.15, 0.2) is 0 Å². The Bertz CT molecular complexity index is 198. The molecule has 1 saturated carbocycles. The van der Waals surface area contributed by atoms with Crippen LogP contribution in [0.1, 0.15) is 40.0 Å². The molecule has 1 aliphatic carbocycles. The van der Waals surface area contributed by atoms with Gasteiger partial charge in [0.1, 0.15) is 0 Å². The van der Waals surface area contributed by atoms with Crippen molar-refractivity contribution < 1.29 is 0 Å². The van der Waals surface area contributed by atoms with Gasteiger partial charge in [-0.3, -0.25) is 0 Å². The van der Waals surface area contributed by atoms with Crippen molar-refractivity contribution in [2.75, 3.05) is 45.8 Å². The van der Waals surface area contributed by atoms with Gasteiger partial charge in [0.15, 0.2) is 0 Å². The molecule has 0 aromatic rings. The molecule has 0 amide bonds. The average molecular weight is 241 g/mol. The third-order valence-corrected chi connectivity index (χ3v) is 4.24. The Morgan fingerprint density at radius 3 is 1.88 bits per heavy atom. The van der Waals surface area contributed by atoms with Gasteiger partial charge in [-0.25, -0.2) is 0 Å². The number of hydrogen-bond acceptors (Lipinski definition) is 3. The molecule has 0 aromatic heterocycles. The molecule has 0 unspecified atom stereocenters. The van der Waals surface area contributed by atoms with E-state index in [0.717, 1.165) is 6.54 Å². The van der Waals surface area contributed by atoms with Gasteiger partial charge in [-0.05, 0) is 63.9 Å². The smallest absolute Gasteiger partial charge is 0.00500 e. The van der Waals surface area contributed by atoms with Crippen molar-refractivity contribution in [1.29, 1.82) is 0 Å². The van der Waals surface area contributed by atoms with Gasteiger partial charge in [-0.2, -0.15) is 0 Å². The van der Waals surface area contributed by atoms with Crippen LogP contribution in [-0.4, -0.2) is 55.6 Å². The summed E-state index contributed by atoms with van der Waals surface area (Å²) in [6.45, 7) is 14.8. The molecule has 0 aliphatic heterocycles. The Hall–Kier alpha value is -0.120. The summed E-state index contributed by atoms with van der Waals surface area (Å²) in [6, 6.07) is 0. The predicted molar refractivity (Wildman–Crippen MR) is 75.2 cm³/mol. The fourth-order valence-corrected chi connectivity index (χ4v) is 2.48. The summed E-state index contributed by atoms with van der Waals surface area (Å²) < 4.78 is 0. The second kappa shape index (κ2) is 7.34. The van der Waals surface area contributed by atoms with Crippen molar-refractivity contribution in [3.63, 3.8) is 0 Å². The second-order valence-corrected chi connectivity index (χ2v) is 5.45. The lowest BCUT2D eigenvalue weighted by Crippen LogP contribution is -2.36. The van der Waals surface area contributed by atoms with E-state index in [4.69, 9.17) is 5.73 Å². The van der Waals surface area contributed by atoms with Crippen molar-refractivity contribution in [3.8, 4) is 0 Å². The summed E-state index contributed by atoms with van der Waals surface area (Å²) in [5.41, 5.74) is 6.35. The predicted octanol–water partition coefficient (Wildman–Crippen LogP) is 1.78. The third kappa shape index (κ3) is 4.94. The highest BCUT2D eigenvalue weighted by molar-refractivity contribution is 4.96. The van der Waals surface area contributed by atoms with Crippen LogP contribution in [0, 0.1) is 5.41 Å². The summed E-state index contributed by atoms with van der Waals surface area (Å²) in [7, 11) is 0. The maximum Gasteiger partial charge on any atom is 0.00500 e. The Morgan fingerprint density at radius 1 is 0.941 bits per heavy atom. The SMILES string of the molecule is CCN(CC)CCCN(CC)CC1(CN)CC1. The zero-order chi connectivity index (χ0) is 12.7. The van der Waals surface area contributed by atoms with Crippen LogP contribution in [0.25, 0.3) is 0 Å². The first kappa shape index (κ1) is 14.9. The molecule has 17 heavy (non-hydrogen) atoms. The molecule has 2 N–H and O–H groups in total. The van der Waals surface area contributed by atoms with Gasteiger partial charge >= 0.3 is 0 Å². The summed E-state index contributed by atoms with van der Waals surface area (Å²) in [4.78, 5) is 5.09. The van der Waals surface area contributed by atoms with Crippen LogP contribution in [0.3, 0.4) is 0 Å². The van der Waals surface area contributed by atoms with Crippen LogP contribution < -0.4 is 5.73 Å². The molecule has 0 spiro atoms. The van der Waals surface area contributed by atoms with Gasteiger partial charge < -0.3 is 15.5 Å². The molecule has 1 rings (SSSR count). The normalized spacial score (nSPS) is 18.0. The Balaban J connectivity index is 2.18. The molecule has 102 valence electrons. The topological polar surface area (TPSA) is 32.5 Å². The minimum absolute atomic E-state index is 0.491. The minimum atomic E-state index is 0.491. The molecular formula is C14H31N3. The highest BCUT2D eigenvalue weighted by atomic mass is 15.1. The largest absolute Gasteiger partial charge is 0.330 e. The van der Waals surface area contributed by atoms with Crippen LogP contribution in [0.4, 0.5) is 0 Å². The van der Waals surface area contributed by atoms with Gasteiger partial charge in [0.2, 0.25) is 0 Å². The Kier molecular flexibility index (Phi) is 6.45. The van der Waals surface area contributed by atoms with E-state index in [1.54, 1.807) is 0 Å². The van der Waals surface area contributed by atoms with Crippen molar-refractivity contribution in [1.82, 2.24) is 9.80 Å². The maximum atomic E-state index is 5.86. The molecule has 0 atom stereocenters. The lowest BCUT2D eigenvalue weighted by Gasteiger charge is -2.26. The summed E-state index contributed by atoms with van der Waals surface area (Å²) in [6.07, 6.45) is 3.97. The van der Waals surface area contributed by atoms with Crippen molar-refractivity contribution >= 4 is 0 Å². The first-order chi connectivity index (χ1) is 8.19. The molecule has 1 fully saturated rings. The average Bonchev–Trinajstić information content (AvgIpc) is 3.13. The molecular weight excluding hydrogens is 210 g/mol. The number of rotatable bonds is 10. The first-order valence-electron chi connectivity index (χ1n) is 7.34. The third-order valence-electron chi connectivity index (χ3n) is 4.24. The van der Waals surface area contributed by atoms with E-state index in [-0.39, 0.29) is 0 Å². The van der Waals surface area contributed by atoms with Crippen LogP contribution in [0.2, 0.25) is 0 Å². The van der Waals surface area contributed by atoms with Crippen LogP contribution in [0.5, 0.6) is 0 Å². The van der Waals surface area contributed by atoms with E-state index in [1.165, 1.54) is 58.5 Å². The lowest BCUT2D eigenvalue weighted by atomic mass is 10.1. The summed E-state index contributed by atoms with van der Waals surface area (Å²) >= 11 is 0. The Morgan fingerprint density at radius 2 is 1.47 bits per heavy atom. The molecule has 0 bridgehead atoms. The summed E-state index contributed by atoms with van der Waals surface area (Å²) in [5.74, 6) is 0. The summed E-state index contributed by atoms with van der Waals surface area (Å²) in [5, 5.41) is 0. The van der Waals surface area contributed by atoms with E-state index in [9.17, 15) is 0 Å². The molecule has 0 heterocycles. The van der Waals surface area contributed by atoms with Crippen molar-refractivity contribution in [3.05, 3.63) is 0 Å². The first-order valence-corrected chi connectivity index (χ1v) is 7.34. The van der Waals surface area contributed by atoms with E-state index in [1.807, 2.05) is 0 Å². The quantitative estimate of drug-likeness (QED) is 0.633. The van der Waals surface area contributed by atoms with E-state index >= 15 is 0 Å². The van der Waals surface area contributed by atoms with E-state index in [0.29, 0.717) is 5.41 Å². The van der Waals surface area contributed by atoms with Crippen LogP contribution >= 0.6 is 0 Å². The van der Waals surface area contributed by atoms with Gasteiger partial charge in [0.05, 0.1) is 0 Å². The number of hydrogen-bond donors (Lipinski definition) is 1. The van der Waals surface area contributed by atoms with Gasteiger partial charge in [0.25, 0.3) is 0 Å². The molecule has 0 radical (unpaired) electrons. The second-order valence-electron chi connectivity index (χ2n) is 5.45. The molecule has 1 aliphatic rings. The van der Waals surface area contributed by atoms with Gasteiger partial charge in [-0.15, -0.1) is 0 Å². The van der Waals surface area contributed by atoms with E-state index < -0.39 is 0 Å². The monoisotopic (exact) mass is 241 g/mol. The molecule has 3 heteroatoms. The molecule has 0 aromatic carbocycles. The fraction of sp³-hybridized carbons (Fsp3) is 1.00. The molecule has 3 nitrogen and oxygen atoms in total. The highest BCUT2D eigenvalue weighted by Gasteiger charge is 2.41. The lowest BCUT2D eigenvalue weighted by molar-refractivity contribution is 0.210. The van der Waals surface area contributed by atoms with Gasteiger partial charge in [0, 0.05) is 6.54 Å². The zero-order valence-corrected chi connectivity index (χ0v) is 12.0. The number of nitrogens with two attached hydrogens (primary N) is 1. The standard InChI is InChI=1S/C14H31N3/c1-4-16(5-2)10-7-11-17(6-3)13-14(12-15)8-9-14/h4-13,15H2,1-3H3. The molecule has 0 saturated heterocycles. The van der Waals surface area contributed by atoms with Gasteiger partial charge in [-0.1, -0.05) is 20.8 Å². The van der Waals surface area contributed by atoms with Crippen molar-refractivity contribution in [2.24, 2.45) is 11.1 Å². The fourth-order valence-electron chi connectivity index (χ4n) is 2.48. The highest BCUT2D eigenvalue weighted by Crippen LogP contribution is 2.45. The maximum absolute atomic E-state index is 5.86.